The van der Waals surface area contributed by atoms with E-state index in [2.05, 4.69) is 0 Å². The summed E-state index contributed by atoms with van der Waals surface area (Å²) in [7, 11) is 0. The number of hydrogen-bond donors (Lipinski definition) is 2. The Morgan fingerprint density at radius 1 is 1.11 bits per heavy atom. The standard InChI is InChI=1S/C12H24N2O5/c1-5-13(11(18)19-12(2,3)4)6-7-14(8-9-15)10(16)17/h15H,5-9H2,1-4H3,(H,16,17). The van der Waals surface area contributed by atoms with Gasteiger partial charge in [-0.2, -0.15) is 0 Å². The van der Waals surface area contributed by atoms with E-state index in [0.717, 1.165) is 4.90 Å². The minimum absolute atomic E-state index is 0.0290. The lowest BCUT2D eigenvalue weighted by Gasteiger charge is -2.28. The summed E-state index contributed by atoms with van der Waals surface area (Å²) in [6.07, 6.45) is -1.58. The summed E-state index contributed by atoms with van der Waals surface area (Å²) in [5.74, 6) is 0. The van der Waals surface area contributed by atoms with Crippen LogP contribution in [0, 0.1) is 0 Å². The molecule has 0 aliphatic rings. The zero-order chi connectivity index (χ0) is 15.1. The molecular weight excluding hydrogens is 252 g/mol. The zero-order valence-electron chi connectivity index (χ0n) is 12.0. The summed E-state index contributed by atoms with van der Waals surface area (Å²) in [5, 5.41) is 17.7. The van der Waals surface area contributed by atoms with Gasteiger partial charge in [-0.05, 0) is 27.7 Å². The van der Waals surface area contributed by atoms with Crippen LogP contribution in [0.25, 0.3) is 0 Å². The summed E-state index contributed by atoms with van der Waals surface area (Å²) in [6, 6.07) is 0. The van der Waals surface area contributed by atoms with E-state index in [1.165, 1.54) is 4.90 Å². The van der Waals surface area contributed by atoms with Crippen LogP contribution in [0.3, 0.4) is 0 Å². The molecule has 7 heteroatoms. The highest BCUT2D eigenvalue weighted by Crippen LogP contribution is 2.09. The smallest absolute Gasteiger partial charge is 0.410 e. The molecule has 0 atom stereocenters. The fourth-order valence-corrected chi connectivity index (χ4v) is 1.37. The lowest BCUT2D eigenvalue weighted by Crippen LogP contribution is -2.43. The largest absolute Gasteiger partial charge is 0.465 e. The van der Waals surface area contributed by atoms with Crippen LogP contribution in [0.1, 0.15) is 27.7 Å². The van der Waals surface area contributed by atoms with Crippen molar-refractivity contribution >= 4 is 12.2 Å². The average molecular weight is 276 g/mol. The number of carbonyl (C=O) groups is 2. The molecule has 0 heterocycles. The topological polar surface area (TPSA) is 90.3 Å². The molecule has 0 aromatic heterocycles. The number of carbonyl (C=O) groups excluding carboxylic acids is 1. The zero-order valence-corrected chi connectivity index (χ0v) is 12.0. The summed E-state index contributed by atoms with van der Waals surface area (Å²) in [4.78, 5) is 25.2. The fourth-order valence-electron chi connectivity index (χ4n) is 1.37. The Hall–Kier alpha value is -1.50. The van der Waals surface area contributed by atoms with Crippen molar-refractivity contribution in [3.8, 4) is 0 Å². The van der Waals surface area contributed by atoms with Crippen LogP contribution in [0.5, 0.6) is 0 Å². The number of aliphatic hydroxyl groups excluding tert-OH is 1. The fraction of sp³-hybridized carbons (Fsp3) is 0.833. The number of nitrogens with zero attached hydrogens (tertiary/aromatic N) is 2. The number of carboxylic acid groups (broad SMARTS) is 1. The first kappa shape index (κ1) is 17.5. The minimum Gasteiger partial charge on any atom is -0.465 e. The maximum absolute atomic E-state index is 11.8. The summed E-state index contributed by atoms with van der Waals surface area (Å²) in [6.45, 7) is 7.70. The minimum atomic E-state index is -1.12. The Morgan fingerprint density at radius 3 is 2.00 bits per heavy atom. The molecular formula is C12H24N2O5. The highest BCUT2D eigenvalue weighted by atomic mass is 16.6. The van der Waals surface area contributed by atoms with Crippen LogP contribution in [0.2, 0.25) is 0 Å². The van der Waals surface area contributed by atoms with Crippen molar-refractivity contribution in [3.63, 3.8) is 0 Å². The van der Waals surface area contributed by atoms with E-state index in [1.807, 2.05) is 0 Å². The molecule has 0 fully saturated rings. The Labute approximate surface area is 113 Å². The quantitative estimate of drug-likeness (QED) is 0.761. The van der Waals surface area contributed by atoms with E-state index in [1.54, 1.807) is 27.7 Å². The normalized spacial score (nSPS) is 11.0. The number of amides is 2. The predicted molar refractivity (Wildman–Crippen MR) is 70.2 cm³/mol. The number of aliphatic hydroxyl groups is 1. The first-order valence-corrected chi connectivity index (χ1v) is 6.28. The monoisotopic (exact) mass is 276 g/mol. The van der Waals surface area contributed by atoms with Gasteiger partial charge in [0.2, 0.25) is 0 Å². The van der Waals surface area contributed by atoms with Crippen LogP contribution in [-0.2, 0) is 4.74 Å². The van der Waals surface area contributed by atoms with E-state index in [9.17, 15) is 9.59 Å². The van der Waals surface area contributed by atoms with Crippen molar-refractivity contribution < 1.29 is 24.5 Å². The highest BCUT2D eigenvalue weighted by Gasteiger charge is 2.22. The molecule has 0 aromatic rings. The second-order valence-electron chi connectivity index (χ2n) is 5.05. The van der Waals surface area contributed by atoms with Gasteiger partial charge in [0, 0.05) is 26.2 Å². The molecule has 0 radical (unpaired) electrons. The Bertz CT molecular complexity index is 301. The van der Waals surface area contributed by atoms with E-state index < -0.39 is 17.8 Å². The molecule has 19 heavy (non-hydrogen) atoms. The third-order valence-corrected chi connectivity index (χ3v) is 2.31. The molecule has 7 nitrogen and oxygen atoms in total. The lowest BCUT2D eigenvalue weighted by molar-refractivity contribution is 0.0240. The second-order valence-corrected chi connectivity index (χ2v) is 5.05. The van der Waals surface area contributed by atoms with Crippen molar-refractivity contribution in [2.24, 2.45) is 0 Å². The third kappa shape index (κ3) is 7.50. The van der Waals surface area contributed by atoms with Crippen LogP contribution in [0.4, 0.5) is 9.59 Å². The Balaban J connectivity index is 4.39. The van der Waals surface area contributed by atoms with Gasteiger partial charge in [0.1, 0.15) is 5.60 Å². The highest BCUT2D eigenvalue weighted by molar-refractivity contribution is 5.68. The molecule has 0 aliphatic carbocycles. The van der Waals surface area contributed by atoms with E-state index >= 15 is 0 Å². The molecule has 0 saturated heterocycles. The molecule has 2 amide bonds. The first-order chi connectivity index (χ1) is 8.71. The van der Waals surface area contributed by atoms with E-state index in [-0.39, 0.29) is 26.2 Å². The summed E-state index contributed by atoms with van der Waals surface area (Å²) < 4.78 is 5.22. The molecule has 0 spiro atoms. The molecule has 0 aromatic carbocycles. The maximum atomic E-state index is 11.8. The average Bonchev–Trinajstić information content (AvgIpc) is 2.25. The van der Waals surface area contributed by atoms with Crippen molar-refractivity contribution in [1.29, 1.82) is 0 Å². The van der Waals surface area contributed by atoms with Crippen LogP contribution >= 0.6 is 0 Å². The molecule has 0 rings (SSSR count). The van der Waals surface area contributed by atoms with Crippen LogP contribution < -0.4 is 0 Å². The lowest BCUT2D eigenvalue weighted by atomic mass is 10.2. The van der Waals surface area contributed by atoms with Crippen molar-refractivity contribution in [3.05, 3.63) is 0 Å². The van der Waals surface area contributed by atoms with Gasteiger partial charge >= 0.3 is 12.2 Å². The van der Waals surface area contributed by atoms with Gasteiger partial charge in [0.05, 0.1) is 6.61 Å². The van der Waals surface area contributed by atoms with Gasteiger partial charge in [-0.15, -0.1) is 0 Å². The Kier molecular flexibility index (Phi) is 7.21. The van der Waals surface area contributed by atoms with E-state index in [4.69, 9.17) is 14.9 Å². The Morgan fingerprint density at radius 2 is 1.63 bits per heavy atom. The number of likely N-dealkylation sites (N-methyl/N-ethyl adjacent to an activating group) is 1. The number of ether oxygens (including phenoxy) is 1. The van der Waals surface area contributed by atoms with Crippen molar-refractivity contribution in [1.82, 2.24) is 9.80 Å². The molecule has 0 aliphatic heterocycles. The molecule has 0 unspecified atom stereocenters. The van der Waals surface area contributed by atoms with Gasteiger partial charge in [0.15, 0.2) is 0 Å². The van der Waals surface area contributed by atoms with Gasteiger partial charge in [0.25, 0.3) is 0 Å². The third-order valence-electron chi connectivity index (χ3n) is 2.31. The van der Waals surface area contributed by atoms with E-state index in [0.29, 0.717) is 6.54 Å². The van der Waals surface area contributed by atoms with Crippen LogP contribution in [0.15, 0.2) is 0 Å². The summed E-state index contributed by atoms with van der Waals surface area (Å²) in [5.41, 5.74) is -0.581. The van der Waals surface area contributed by atoms with Gasteiger partial charge in [-0.25, -0.2) is 9.59 Å². The van der Waals surface area contributed by atoms with Crippen molar-refractivity contribution in [2.45, 2.75) is 33.3 Å². The van der Waals surface area contributed by atoms with Crippen molar-refractivity contribution in [2.75, 3.05) is 32.8 Å². The second kappa shape index (κ2) is 7.83. The molecule has 112 valence electrons. The molecule has 0 saturated carbocycles. The van der Waals surface area contributed by atoms with Crippen LogP contribution in [-0.4, -0.2) is 70.6 Å². The van der Waals surface area contributed by atoms with Gasteiger partial charge in [-0.3, -0.25) is 0 Å². The molecule has 2 N–H and O–H groups in total. The maximum Gasteiger partial charge on any atom is 0.410 e. The first-order valence-electron chi connectivity index (χ1n) is 6.28. The van der Waals surface area contributed by atoms with Gasteiger partial charge < -0.3 is 24.7 Å². The number of hydrogen-bond acceptors (Lipinski definition) is 4. The summed E-state index contributed by atoms with van der Waals surface area (Å²) >= 11 is 0. The number of rotatable bonds is 6. The predicted octanol–water partition coefficient (Wildman–Crippen LogP) is 1.22. The molecule has 0 bridgehead atoms. The SMILES string of the molecule is CCN(CCN(CCO)C(=O)O)C(=O)OC(C)(C)C. The van der Waals surface area contributed by atoms with Gasteiger partial charge in [-0.1, -0.05) is 0 Å².